The van der Waals surface area contributed by atoms with Gasteiger partial charge in [0, 0.05) is 19.8 Å². The van der Waals surface area contributed by atoms with E-state index >= 15 is 0 Å². The van der Waals surface area contributed by atoms with Crippen molar-refractivity contribution in [3.05, 3.63) is 0 Å². The fourth-order valence-electron chi connectivity index (χ4n) is 1.76. The van der Waals surface area contributed by atoms with Crippen LogP contribution in [0.15, 0.2) is 0 Å². The Morgan fingerprint density at radius 3 is 2.82 bits per heavy atom. The van der Waals surface area contributed by atoms with Crippen LogP contribution in [-0.2, 0) is 19.0 Å². The average Bonchev–Trinajstić information content (AvgIpc) is 2.32. The Labute approximate surface area is 102 Å². The lowest BCUT2D eigenvalue weighted by Gasteiger charge is -2.42. The first kappa shape index (κ1) is 14.4. The van der Waals surface area contributed by atoms with Gasteiger partial charge in [-0.25, -0.2) is 0 Å². The van der Waals surface area contributed by atoms with Crippen molar-refractivity contribution >= 4 is 5.91 Å². The van der Waals surface area contributed by atoms with E-state index in [4.69, 9.17) is 19.9 Å². The van der Waals surface area contributed by atoms with Gasteiger partial charge in [-0.15, -0.1) is 0 Å². The van der Waals surface area contributed by atoms with E-state index in [9.17, 15) is 4.79 Å². The quantitative estimate of drug-likeness (QED) is 0.552. The Balaban J connectivity index is 2.16. The third kappa shape index (κ3) is 4.59. The molecule has 0 heterocycles. The maximum atomic E-state index is 11.5. The molecule has 1 amide bonds. The number of methoxy groups -OCH3 is 1. The summed E-state index contributed by atoms with van der Waals surface area (Å²) in [7, 11) is 1.59. The fourth-order valence-corrected chi connectivity index (χ4v) is 1.76. The van der Waals surface area contributed by atoms with Gasteiger partial charge in [0.1, 0.15) is 6.61 Å². The van der Waals surface area contributed by atoms with Gasteiger partial charge in [0.25, 0.3) is 0 Å². The van der Waals surface area contributed by atoms with Crippen LogP contribution in [0.5, 0.6) is 0 Å². The molecular weight excluding hydrogens is 224 g/mol. The predicted molar refractivity (Wildman–Crippen MR) is 62.6 cm³/mol. The smallest absolute Gasteiger partial charge is 0.246 e. The van der Waals surface area contributed by atoms with Crippen LogP contribution < -0.4 is 11.1 Å². The third-order valence-electron chi connectivity index (χ3n) is 2.74. The van der Waals surface area contributed by atoms with E-state index in [1.165, 1.54) is 0 Å². The summed E-state index contributed by atoms with van der Waals surface area (Å²) in [6.45, 7) is 3.49. The van der Waals surface area contributed by atoms with Crippen molar-refractivity contribution in [2.45, 2.75) is 31.5 Å². The Morgan fingerprint density at radius 1 is 1.47 bits per heavy atom. The SMILES string of the molecule is CCOC1CC(N)C1NC(=O)COCCOC. The molecule has 1 rings (SSSR count). The van der Waals surface area contributed by atoms with Crippen molar-refractivity contribution < 1.29 is 19.0 Å². The maximum Gasteiger partial charge on any atom is 0.246 e. The van der Waals surface area contributed by atoms with E-state index < -0.39 is 0 Å². The second-order valence-corrected chi connectivity index (χ2v) is 4.03. The Hall–Kier alpha value is -0.690. The molecule has 1 aliphatic rings. The van der Waals surface area contributed by atoms with Crippen LogP contribution in [0.1, 0.15) is 13.3 Å². The molecule has 0 aromatic heterocycles. The lowest BCUT2D eigenvalue weighted by atomic mass is 9.83. The number of amides is 1. The molecule has 0 spiro atoms. The predicted octanol–water partition coefficient (Wildman–Crippen LogP) is -0.730. The molecule has 17 heavy (non-hydrogen) atoms. The second-order valence-electron chi connectivity index (χ2n) is 4.03. The number of ether oxygens (including phenoxy) is 3. The van der Waals surface area contributed by atoms with Gasteiger partial charge < -0.3 is 25.3 Å². The number of carbonyl (C=O) groups excluding carboxylic acids is 1. The highest BCUT2D eigenvalue weighted by Crippen LogP contribution is 2.22. The number of nitrogens with two attached hydrogens (primary N) is 1. The van der Waals surface area contributed by atoms with E-state index in [0.717, 1.165) is 6.42 Å². The van der Waals surface area contributed by atoms with Gasteiger partial charge in [-0.05, 0) is 13.3 Å². The topological polar surface area (TPSA) is 82.8 Å². The van der Waals surface area contributed by atoms with Gasteiger partial charge in [-0.3, -0.25) is 4.79 Å². The highest BCUT2D eigenvalue weighted by atomic mass is 16.5. The lowest BCUT2D eigenvalue weighted by molar-refractivity contribution is -0.130. The molecule has 1 fully saturated rings. The molecule has 6 nitrogen and oxygen atoms in total. The van der Waals surface area contributed by atoms with Crippen LogP contribution in [0.2, 0.25) is 0 Å². The Bertz CT molecular complexity index is 236. The van der Waals surface area contributed by atoms with E-state index in [0.29, 0.717) is 19.8 Å². The average molecular weight is 246 g/mol. The summed E-state index contributed by atoms with van der Waals surface area (Å²) in [6, 6.07) is -0.108. The first-order chi connectivity index (χ1) is 8.19. The molecule has 3 N–H and O–H groups in total. The van der Waals surface area contributed by atoms with Crippen molar-refractivity contribution in [1.29, 1.82) is 0 Å². The van der Waals surface area contributed by atoms with Gasteiger partial charge in [0.2, 0.25) is 5.91 Å². The van der Waals surface area contributed by atoms with Crippen LogP contribution >= 0.6 is 0 Å². The highest BCUT2D eigenvalue weighted by molar-refractivity contribution is 5.77. The summed E-state index contributed by atoms with van der Waals surface area (Å²) in [5.74, 6) is -0.161. The molecule has 6 heteroatoms. The zero-order chi connectivity index (χ0) is 12.7. The minimum absolute atomic E-state index is 0.0190. The monoisotopic (exact) mass is 246 g/mol. The standard InChI is InChI=1S/C11H22N2O4/c1-3-17-9-6-8(12)11(9)13-10(14)7-16-5-4-15-2/h8-9,11H,3-7,12H2,1-2H3,(H,13,14). The highest BCUT2D eigenvalue weighted by Gasteiger charge is 2.40. The summed E-state index contributed by atoms with van der Waals surface area (Å²) in [5.41, 5.74) is 5.81. The number of nitrogens with one attached hydrogen (secondary N) is 1. The van der Waals surface area contributed by atoms with E-state index in [1.54, 1.807) is 7.11 Å². The summed E-state index contributed by atoms with van der Waals surface area (Å²) < 4.78 is 15.4. The minimum atomic E-state index is -0.161. The van der Waals surface area contributed by atoms with Crippen LogP contribution in [0.4, 0.5) is 0 Å². The molecule has 3 unspecified atom stereocenters. The molecule has 0 aliphatic heterocycles. The summed E-state index contributed by atoms with van der Waals surface area (Å²) in [4.78, 5) is 11.5. The number of hydrogen-bond acceptors (Lipinski definition) is 5. The molecule has 3 atom stereocenters. The molecule has 100 valence electrons. The third-order valence-corrected chi connectivity index (χ3v) is 2.74. The summed E-state index contributed by atoms with van der Waals surface area (Å²) in [5, 5.41) is 2.82. The Morgan fingerprint density at radius 2 is 2.24 bits per heavy atom. The normalized spacial score (nSPS) is 27.6. The van der Waals surface area contributed by atoms with Crippen molar-refractivity contribution in [2.24, 2.45) is 5.73 Å². The van der Waals surface area contributed by atoms with Crippen LogP contribution in [0, 0.1) is 0 Å². The molecule has 0 bridgehead atoms. The van der Waals surface area contributed by atoms with Crippen molar-refractivity contribution in [2.75, 3.05) is 33.5 Å². The van der Waals surface area contributed by atoms with Crippen molar-refractivity contribution in [3.63, 3.8) is 0 Å². The summed E-state index contributed by atoms with van der Waals surface area (Å²) in [6.07, 6.45) is 0.835. The largest absolute Gasteiger partial charge is 0.382 e. The number of carbonyl (C=O) groups is 1. The van der Waals surface area contributed by atoms with Gasteiger partial charge in [0.15, 0.2) is 0 Å². The van der Waals surface area contributed by atoms with E-state index in [-0.39, 0.29) is 30.7 Å². The molecule has 0 aromatic rings. The van der Waals surface area contributed by atoms with Crippen LogP contribution in [0.3, 0.4) is 0 Å². The minimum Gasteiger partial charge on any atom is -0.382 e. The molecule has 0 aromatic carbocycles. The Kier molecular flexibility index (Phi) is 6.43. The first-order valence-electron chi connectivity index (χ1n) is 5.92. The molecule has 1 aliphatic carbocycles. The van der Waals surface area contributed by atoms with Gasteiger partial charge >= 0.3 is 0 Å². The zero-order valence-corrected chi connectivity index (χ0v) is 10.5. The van der Waals surface area contributed by atoms with Gasteiger partial charge in [-0.2, -0.15) is 0 Å². The molecule has 0 saturated heterocycles. The molecule has 0 radical (unpaired) electrons. The second kappa shape index (κ2) is 7.60. The molecule has 1 saturated carbocycles. The first-order valence-corrected chi connectivity index (χ1v) is 5.92. The number of rotatable bonds is 8. The van der Waals surface area contributed by atoms with Crippen LogP contribution in [0.25, 0.3) is 0 Å². The van der Waals surface area contributed by atoms with Crippen LogP contribution in [-0.4, -0.2) is 57.6 Å². The fraction of sp³-hybridized carbons (Fsp3) is 0.909. The van der Waals surface area contributed by atoms with Crippen molar-refractivity contribution in [3.8, 4) is 0 Å². The van der Waals surface area contributed by atoms with Gasteiger partial charge in [-0.1, -0.05) is 0 Å². The van der Waals surface area contributed by atoms with Gasteiger partial charge in [0.05, 0.1) is 25.4 Å². The maximum absolute atomic E-state index is 11.5. The lowest BCUT2D eigenvalue weighted by Crippen LogP contribution is -2.65. The molecular formula is C11H22N2O4. The zero-order valence-electron chi connectivity index (χ0n) is 10.5. The van der Waals surface area contributed by atoms with E-state index in [1.807, 2.05) is 6.92 Å². The van der Waals surface area contributed by atoms with E-state index in [2.05, 4.69) is 5.32 Å². The van der Waals surface area contributed by atoms with Crippen molar-refractivity contribution in [1.82, 2.24) is 5.32 Å². The summed E-state index contributed by atoms with van der Waals surface area (Å²) >= 11 is 0. The number of hydrogen-bond donors (Lipinski definition) is 2.